The van der Waals surface area contributed by atoms with Crippen LogP contribution in [0.25, 0.3) is 0 Å². The zero-order valence-electron chi connectivity index (χ0n) is 7.80. The number of aryl methyl sites for hydroxylation is 2. The Morgan fingerprint density at radius 3 is 2.77 bits per heavy atom. The van der Waals surface area contributed by atoms with Crippen LogP contribution in [0.2, 0.25) is 0 Å². The molecule has 0 amide bonds. The molecule has 0 N–H and O–H groups in total. The van der Waals surface area contributed by atoms with Gasteiger partial charge >= 0.3 is 5.97 Å². The fraction of sp³-hybridized carbons (Fsp3) is 0.500. The molecule has 1 aromatic rings. The van der Waals surface area contributed by atoms with E-state index in [1.165, 1.54) is 11.8 Å². The number of methoxy groups -OCH3 is 1. The summed E-state index contributed by atoms with van der Waals surface area (Å²) < 4.78 is 6.10. The zero-order valence-corrected chi connectivity index (χ0v) is 8.55. The van der Waals surface area contributed by atoms with Gasteiger partial charge in [0.05, 0.1) is 18.7 Å². The van der Waals surface area contributed by atoms with E-state index in [2.05, 4.69) is 9.84 Å². The molecule has 0 atom stereocenters. The van der Waals surface area contributed by atoms with Crippen molar-refractivity contribution >= 4 is 17.6 Å². The topological polar surface area (TPSA) is 44.1 Å². The number of alkyl halides is 1. The smallest absolute Gasteiger partial charge is 0.356 e. The van der Waals surface area contributed by atoms with Gasteiger partial charge in [0.1, 0.15) is 0 Å². The third-order valence-corrected chi connectivity index (χ3v) is 2.13. The molecular formula is C8H11ClN2O2. The summed E-state index contributed by atoms with van der Waals surface area (Å²) in [6.45, 7) is 1.81. The summed E-state index contributed by atoms with van der Waals surface area (Å²) in [7, 11) is 3.03. The van der Waals surface area contributed by atoms with Gasteiger partial charge in [-0.1, -0.05) is 0 Å². The lowest BCUT2D eigenvalue weighted by molar-refractivity contribution is 0.0587. The van der Waals surface area contributed by atoms with Crippen molar-refractivity contribution in [2.45, 2.75) is 12.8 Å². The van der Waals surface area contributed by atoms with Crippen LogP contribution in [0.4, 0.5) is 0 Å². The second-order valence-electron chi connectivity index (χ2n) is 2.66. The molecule has 1 rings (SSSR count). The van der Waals surface area contributed by atoms with Crippen LogP contribution in [0.15, 0.2) is 0 Å². The zero-order chi connectivity index (χ0) is 10.0. The van der Waals surface area contributed by atoms with Crippen molar-refractivity contribution in [2.24, 2.45) is 7.05 Å². The Balaban J connectivity index is 3.24. The van der Waals surface area contributed by atoms with E-state index in [0.717, 1.165) is 11.3 Å². The fourth-order valence-electron chi connectivity index (χ4n) is 1.21. The first-order chi connectivity index (χ1) is 6.11. The van der Waals surface area contributed by atoms with Crippen LogP contribution in [-0.2, 0) is 17.7 Å². The van der Waals surface area contributed by atoms with Crippen LogP contribution >= 0.6 is 11.6 Å². The van der Waals surface area contributed by atoms with Gasteiger partial charge < -0.3 is 4.74 Å². The molecule has 72 valence electrons. The predicted molar refractivity (Wildman–Crippen MR) is 48.8 cm³/mol. The first kappa shape index (κ1) is 10.1. The van der Waals surface area contributed by atoms with Crippen molar-refractivity contribution in [3.63, 3.8) is 0 Å². The molecule has 4 nitrogen and oxygen atoms in total. The lowest BCUT2D eigenvalue weighted by Crippen LogP contribution is -2.10. The van der Waals surface area contributed by atoms with Gasteiger partial charge in [0.25, 0.3) is 0 Å². The largest absolute Gasteiger partial charge is 0.464 e. The number of nitrogens with zero attached hydrogens (tertiary/aromatic N) is 2. The standard InChI is InChI=1S/C8H11ClN2O2/c1-5-6(4-9)7(8(12)13-3)11(2)10-5/h4H2,1-3H3. The minimum atomic E-state index is -0.404. The minimum absolute atomic E-state index is 0.268. The molecule has 0 aromatic carbocycles. The Kier molecular flexibility index (Phi) is 2.93. The molecule has 0 aliphatic rings. The van der Waals surface area contributed by atoms with E-state index in [4.69, 9.17) is 11.6 Å². The van der Waals surface area contributed by atoms with Crippen LogP contribution in [0.5, 0.6) is 0 Å². The molecular weight excluding hydrogens is 192 g/mol. The van der Waals surface area contributed by atoms with E-state index in [9.17, 15) is 4.79 Å². The number of rotatable bonds is 2. The van der Waals surface area contributed by atoms with Gasteiger partial charge in [0.2, 0.25) is 0 Å². The number of carbonyl (C=O) groups is 1. The molecule has 0 spiro atoms. The molecule has 0 radical (unpaired) electrons. The number of hydrogen-bond acceptors (Lipinski definition) is 3. The average Bonchev–Trinajstić information content (AvgIpc) is 2.39. The highest BCUT2D eigenvalue weighted by atomic mass is 35.5. The number of halogens is 1. The monoisotopic (exact) mass is 202 g/mol. The highest BCUT2D eigenvalue weighted by Crippen LogP contribution is 2.16. The van der Waals surface area contributed by atoms with Crippen LogP contribution in [0.3, 0.4) is 0 Å². The molecule has 1 aromatic heterocycles. The number of carbonyl (C=O) groups excluding carboxylic acids is 1. The molecule has 0 bridgehead atoms. The number of esters is 1. The molecule has 0 saturated carbocycles. The maximum absolute atomic E-state index is 11.3. The average molecular weight is 203 g/mol. The number of aromatic nitrogens is 2. The molecule has 1 heterocycles. The summed E-state index contributed by atoms with van der Waals surface area (Å²) in [4.78, 5) is 11.3. The van der Waals surface area contributed by atoms with Crippen molar-refractivity contribution in [1.82, 2.24) is 9.78 Å². The molecule has 0 aliphatic heterocycles. The first-order valence-electron chi connectivity index (χ1n) is 3.78. The first-order valence-corrected chi connectivity index (χ1v) is 4.32. The Morgan fingerprint density at radius 2 is 2.31 bits per heavy atom. The third kappa shape index (κ3) is 1.67. The maximum Gasteiger partial charge on any atom is 0.356 e. The summed E-state index contributed by atoms with van der Waals surface area (Å²) in [5.74, 6) is -0.136. The van der Waals surface area contributed by atoms with E-state index in [0.29, 0.717) is 5.69 Å². The lowest BCUT2D eigenvalue weighted by atomic mass is 10.2. The van der Waals surface area contributed by atoms with Gasteiger partial charge in [-0.3, -0.25) is 4.68 Å². The SMILES string of the molecule is COC(=O)c1c(CCl)c(C)nn1C. The van der Waals surface area contributed by atoms with Gasteiger partial charge in [-0.05, 0) is 6.92 Å². The molecule has 5 heteroatoms. The van der Waals surface area contributed by atoms with Crippen LogP contribution < -0.4 is 0 Å². The molecule has 0 fully saturated rings. The van der Waals surface area contributed by atoms with Crippen molar-refractivity contribution < 1.29 is 9.53 Å². The number of hydrogen-bond donors (Lipinski definition) is 0. The van der Waals surface area contributed by atoms with Crippen LogP contribution in [0.1, 0.15) is 21.7 Å². The quantitative estimate of drug-likeness (QED) is 0.536. The van der Waals surface area contributed by atoms with Gasteiger partial charge in [0, 0.05) is 12.6 Å². The van der Waals surface area contributed by atoms with Gasteiger partial charge in [-0.2, -0.15) is 5.10 Å². The van der Waals surface area contributed by atoms with Crippen molar-refractivity contribution in [3.05, 3.63) is 17.0 Å². The Labute approximate surface area is 81.4 Å². The maximum atomic E-state index is 11.3. The van der Waals surface area contributed by atoms with Crippen molar-refractivity contribution in [2.75, 3.05) is 7.11 Å². The Bertz CT molecular complexity index is 333. The van der Waals surface area contributed by atoms with Crippen molar-refractivity contribution in [1.29, 1.82) is 0 Å². The highest BCUT2D eigenvalue weighted by Gasteiger charge is 2.19. The predicted octanol–water partition coefficient (Wildman–Crippen LogP) is 1.25. The normalized spacial score (nSPS) is 10.2. The summed E-state index contributed by atoms with van der Waals surface area (Å²) in [5.41, 5.74) is 1.92. The van der Waals surface area contributed by atoms with Gasteiger partial charge in [-0.25, -0.2) is 4.79 Å². The van der Waals surface area contributed by atoms with Crippen molar-refractivity contribution in [3.8, 4) is 0 Å². The molecule has 0 aliphatic carbocycles. The summed E-state index contributed by atoms with van der Waals surface area (Å²) in [6, 6.07) is 0. The van der Waals surface area contributed by atoms with Gasteiger partial charge in [0.15, 0.2) is 5.69 Å². The lowest BCUT2D eigenvalue weighted by Gasteiger charge is -2.00. The van der Waals surface area contributed by atoms with Gasteiger partial charge in [-0.15, -0.1) is 11.6 Å². The highest BCUT2D eigenvalue weighted by molar-refractivity contribution is 6.17. The third-order valence-electron chi connectivity index (χ3n) is 1.86. The summed E-state index contributed by atoms with van der Waals surface area (Å²) in [5, 5.41) is 4.08. The Hall–Kier alpha value is -1.03. The minimum Gasteiger partial charge on any atom is -0.464 e. The van der Waals surface area contributed by atoms with E-state index >= 15 is 0 Å². The van der Waals surface area contributed by atoms with E-state index in [1.54, 1.807) is 7.05 Å². The van der Waals surface area contributed by atoms with E-state index in [1.807, 2.05) is 6.92 Å². The van der Waals surface area contributed by atoms with Crippen LogP contribution in [0, 0.1) is 6.92 Å². The summed E-state index contributed by atoms with van der Waals surface area (Å²) >= 11 is 5.69. The Morgan fingerprint density at radius 1 is 1.69 bits per heavy atom. The fourth-order valence-corrected chi connectivity index (χ4v) is 1.53. The second-order valence-corrected chi connectivity index (χ2v) is 2.93. The second kappa shape index (κ2) is 3.79. The summed E-state index contributed by atoms with van der Waals surface area (Å²) in [6.07, 6.45) is 0. The van der Waals surface area contributed by atoms with E-state index < -0.39 is 5.97 Å². The molecule has 13 heavy (non-hydrogen) atoms. The number of ether oxygens (including phenoxy) is 1. The van der Waals surface area contributed by atoms with Crippen LogP contribution in [-0.4, -0.2) is 22.9 Å². The van der Waals surface area contributed by atoms with E-state index in [-0.39, 0.29) is 5.88 Å². The molecule has 0 saturated heterocycles. The molecule has 0 unspecified atom stereocenters.